The van der Waals surface area contributed by atoms with Crippen LogP contribution in [-0.2, 0) is 14.3 Å². The number of carbonyl (C=O) groups is 1. The Morgan fingerprint density at radius 2 is 1.85 bits per heavy atom. The van der Waals surface area contributed by atoms with E-state index in [1.165, 1.54) is 17.7 Å². The number of ether oxygens (including phenoxy) is 3. The molecule has 34 heavy (non-hydrogen) atoms. The normalized spacial score (nSPS) is 18.4. The average Bonchev–Trinajstić information content (AvgIpc) is 2.86. The van der Waals surface area contributed by atoms with Gasteiger partial charge in [0.15, 0.2) is 0 Å². The van der Waals surface area contributed by atoms with Crippen molar-refractivity contribution in [2.45, 2.75) is 38.5 Å². The van der Waals surface area contributed by atoms with E-state index in [-0.39, 0.29) is 11.7 Å². The largest absolute Gasteiger partial charge is 0.492 e. The zero-order valence-corrected chi connectivity index (χ0v) is 19.6. The third-order valence-electron chi connectivity index (χ3n) is 6.19. The fourth-order valence-corrected chi connectivity index (χ4v) is 4.23. The second-order valence-electron chi connectivity index (χ2n) is 8.75. The van der Waals surface area contributed by atoms with Crippen molar-refractivity contribution in [3.05, 3.63) is 77.9 Å². The summed E-state index contributed by atoms with van der Waals surface area (Å²) in [5.74, 6) is 2.20. The minimum Gasteiger partial charge on any atom is -0.492 e. The number of rotatable bonds is 10. The molecule has 6 nitrogen and oxygen atoms in total. The highest BCUT2D eigenvalue weighted by Crippen LogP contribution is 2.26. The summed E-state index contributed by atoms with van der Waals surface area (Å²) in [6, 6.07) is 6.06. The number of benzene rings is 1. The number of allylic oxidation sites excluding steroid dienone is 5. The van der Waals surface area contributed by atoms with Crippen LogP contribution in [0.2, 0.25) is 0 Å². The van der Waals surface area contributed by atoms with E-state index in [9.17, 15) is 9.18 Å². The second kappa shape index (κ2) is 12.4. The molecule has 2 heterocycles. The number of hydrogen-bond donors (Lipinski definition) is 0. The number of halogens is 1. The van der Waals surface area contributed by atoms with E-state index < -0.39 is 0 Å². The number of piperazine rings is 1. The van der Waals surface area contributed by atoms with Crippen LogP contribution in [0.15, 0.2) is 72.1 Å². The molecule has 1 aromatic rings. The van der Waals surface area contributed by atoms with Gasteiger partial charge in [-0.3, -0.25) is 9.69 Å². The van der Waals surface area contributed by atoms with Gasteiger partial charge in [0.2, 0.25) is 5.91 Å². The minimum absolute atomic E-state index is 0.189. The van der Waals surface area contributed by atoms with E-state index in [1.807, 2.05) is 4.90 Å². The van der Waals surface area contributed by atoms with Gasteiger partial charge in [-0.15, -0.1) is 0 Å². The Labute approximate surface area is 201 Å². The van der Waals surface area contributed by atoms with Gasteiger partial charge in [-0.25, -0.2) is 4.39 Å². The SMILES string of the molecule is O=C(CCCC1=COC=C(CC2=CC=CCC2)O1)N1CCN(CCOc2ccc(F)cc2)CC1. The molecule has 1 aliphatic carbocycles. The van der Waals surface area contributed by atoms with Gasteiger partial charge in [-0.2, -0.15) is 0 Å². The van der Waals surface area contributed by atoms with Crippen molar-refractivity contribution in [1.82, 2.24) is 9.80 Å². The number of nitrogens with zero attached hydrogens (tertiary/aromatic N) is 2. The number of carbonyl (C=O) groups excluding carboxylic acids is 1. The average molecular weight is 469 g/mol. The summed E-state index contributed by atoms with van der Waals surface area (Å²) < 4.78 is 30.1. The molecule has 0 aromatic heterocycles. The molecule has 0 spiro atoms. The molecule has 3 aliphatic rings. The maximum atomic E-state index is 13.0. The van der Waals surface area contributed by atoms with E-state index in [0.717, 1.165) is 69.9 Å². The highest BCUT2D eigenvalue weighted by Gasteiger charge is 2.21. The van der Waals surface area contributed by atoms with Crippen LogP contribution in [-0.4, -0.2) is 55.0 Å². The van der Waals surface area contributed by atoms with E-state index in [0.29, 0.717) is 25.2 Å². The summed E-state index contributed by atoms with van der Waals surface area (Å²) in [6.45, 7) is 4.46. The predicted molar refractivity (Wildman–Crippen MR) is 128 cm³/mol. The lowest BCUT2D eigenvalue weighted by Crippen LogP contribution is -2.49. The molecule has 0 atom stereocenters. The van der Waals surface area contributed by atoms with Crippen LogP contribution in [0.25, 0.3) is 0 Å². The lowest BCUT2D eigenvalue weighted by Gasteiger charge is -2.34. The monoisotopic (exact) mass is 468 g/mol. The molecule has 4 rings (SSSR count). The molecule has 0 radical (unpaired) electrons. The topological polar surface area (TPSA) is 51.2 Å². The van der Waals surface area contributed by atoms with Crippen molar-refractivity contribution in [3.8, 4) is 5.75 Å². The Morgan fingerprint density at radius 3 is 2.62 bits per heavy atom. The third-order valence-corrected chi connectivity index (χ3v) is 6.19. The van der Waals surface area contributed by atoms with Gasteiger partial charge >= 0.3 is 0 Å². The Kier molecular flexibility index (Phi) is 8.79. The third kappa shape index (κ3) is 7.48. The maximum Gasteiger partial charge on any atom is 0.222 e. The van der Waals surface area contributed by atoms with E-state index >= 15 is 0 Å². The molecule has 182 valence electrons. The second-order valence-corrected chi connectivity index (χ2v) is 8.75. The molecule has 1 fully saturated rings. The van der Waals surface area contributed by atoms with Gasteiger partial charge in [0.1, 0.15) is 42.2 Å². The molecule has 1 amide bonds. The molecule has 0 N–H and O–H groups in total. The van der Waals surface area contributed by atoms with Crippen LogP contribution in [0.4, 0.5) is 4.39 Å². The zero-order valence-electron chi connectivity index (χ0n) is 19.6. The first-order valence-electron chi connectivity index (χ1n) is 12.1. The summed E-state index contributed by atoms with van der Waals surface area (Å²) >= 11 is 0. The molecule has 0 unspecified atom stereocenters. The summed E-state index contributed by atoms with van der Waals surface area (Å²) in [7, 11) is 0. The van der Waals surface area contributed by atoms with Gasteiger partial charge < -0.3 is 19.1 Å². The van der Waals surface area contributed by atoms with Crippen molar-refractivity contribution in [3.63, 3.8) is 0 Å². The molecule has 0 saturated carbocycles. The smallest absolute Gasteiger partial charge is 0.222 e. The van der Waals surface area contributed by atoms with Crippen molar-refractivity contribution in [2.75, 3.05) is 39.3 Å². The first kappa shape index (κ1) is 24.1. The van der Waals surface area contributed by atoms with Crippen molar-refractivity contribution >= 4 is 5.91 Å². The molecule has 0 bridgehead atoms. The first-order valence-corrected chi connectivity index (χ1v) is 12.1. The molecule has 7 heteroatoms. The van der Waals surface area contributed by atoms with Crippen LogP contribution >= 0.6 is 0 Å². The maximum absolute atomic E-state index is 13.0. The Balaban J connectivity index is 1.08. The van der Waals surface area contributed by atoms with Crippen LogP contribution < -0.4 is 4.74 Å². The fourth-order valence-electron chi connectivity index (χ4n) is 4.23. The number of amides is 1. The standard InChI is InChI=1S/C27H33FN2O4/c28-23-9-11-24(12-10-23)33-18-17-29-13-15-30(16-14-29)27(31)8-4-7-25-20-32-21-26(34-25)19-22-5-2-1-3-6-22/h1-2,5,9-12,20-21H,3-4,6-8,13-19H2. The van der Waals surface area contributed by atoms with Gasteiger partial charge in [-0.05, 0) is 43.5 Å². The first-order chi connectivity index (χ1) is 16.7. The van der Waals surface area contributed by atoms with Crippen LogP contribution in [0.3, 0.4) is 0 Å². The van der Waals surface area contributed by atoms with Crippen LogP contribution in [0.1, 0.15) is 38.5 Å². The Hall–Kier alpha value is -3.06. The lowest BCUT2D eigenvalue weighted by molar-refractivity contribution is -0.133. The lowest BCUT2D eigenvalue weighted by atomic mass is 10.0. The highest BCUT2D eigenvalue weighted by molar-refractivity contribution is 5.76. The minimum atomic E-state index is -0.267. The van der Waals surface area contributed by atoms with Gasteiger partial charge in [-0.1, -0.05) is 23.8 Å². The highest BCUT2D eigenvalue weighted by atomic mass is 19.1. The fraction of sp³-hybridized carbons (Fsp3) is 0.444. The summed E-state index contributed by atoms with van der Waals surface area (Å²) in [5, 5.41) is 0. The van der Waals surface area contributed by atoms with Crippen molar-refractivity contribution < 1.29 is 23.4 Å². The van der Waals surface area contributed by atoms with Gasteiger partial charge in [0, 0.05) is 52.0 Å². The molecular weight excluding hydrogens is 435 g/mol. The zero-order chi connectivity index (χ0) is 23.6. The quantitative estimate of drug-likeness (QED) is 0.488. The van der Waals surface area contributed by atoms with E-state index in [4.69, 9.17) is 14.2 Å². The number of hydrogen-bond acceptors (Lipinski definition) is 5. The van der Waals surface area contributed by atoms with Crippen LogP contribution in [0, 0.1) is 5.82 Å². The molecule has 2 aliphatic heterocycles. The van der Waals surface area contributed by atoms with E-state index in [1.54, 1.807) is 24.7 Å². The summed E-state index contributed by atoms with van der Waals surface area (Å²) in [4.78, 5) is 16.9. The van der Waals surface area contributed by atoms with Crippen LogP contribution in [0.5, 0.6) is 5.75 Å². The summed E-state index contributed by atoms with van der Waals surface area (Å²) in [6.07, 6.45) is 14.5. The molecule has 1 aromatic carbocycles. The van der Waals surface area contributed by atoms with Crippen molar-refractivity contribution in [1.29, 1.82) is 0 Å². The Morgan fingerprint density at radius 1 is 1.06 bits per heavy atom. The Bertz CT molecular complexity index is 944. The predicted octanol–water partition coefficient (Wildman–Crippen LogP) is 4.92. The van der Waals surface area contributed by atoms with E-state index in [2.05, 4.69) is 23.1 Å². The van der Waals surface area contributed by atoms with Crippen molar-refractivity contribution in [2.24, 2.45) is 0 Å². The van der Waals surface area contributed by atoms with Gasteiger partial charge in [0.25, 0.3) is 0 Å². The summed E-state index contributed by atoms with van der Waals surface area (Å²) in [5.41, 5.74) is 1.34. The molecular formula is C27H33FN2O4. The van der Waals surface area contributed by atoms with Gasteiger partial charge in [0.05, 0.1) is 0 Å². The molecule has 1 saturated heterocycles.